The maximum absolute atomic E-state index is 12.8. The molecule has 1 aromatic rings. The summed E-state index contributed by atoms with van der Waals surface area (Å²) in [5.41, 5.74) is 8.52. The third-order valence-corrected chi connectivity index (χ3v) is 6.37. The number of hydrogen-bond acceptors (Lipinski definition) is 3. The minimum Gasteiger partial charge on any atom is -0.371 e. The highest BCUT2D eigenvalue weighted by atomic mass is 35.5. The van der Waals surface area contributed by atoms with Gasteiger partial charge in [0.25, 0.3) is 0 Å². The summed E-state index contributed by atoms with van der Waals surface area (Å²) < 4.78 is 0. The Bertz CT molecular complexity index is 592. The van der Waals surface area contributed by atoms with Crippen molar-refractivity contribution in [3.63, 3.8) is 0 Å². The van der Waals surface area contributed by atoms with Crippen LogP contribution in [0.15, 0.2) is 24.3 Å². The van der Waals surface area contributed by atoms with E-state index in [-0.39, 0.29) is 36.6 Å². The molecule has 3 fully saturated rings. The van der Waals surface area contributed by atoms with Crippen molar-refractivity contribution in [3.05, 3.63) is 24.3 Å². The summed E-state index contributed by atoms with van der Waals surface area (Å²) in [6, 6.07) is 8.65. The Morgan fingerprint density at radius 2 is 1.69 bits per heavy atom. The van der Waals surface area contributed by atoms with E-state index in [2.05, 4.69) is 28.4 Å². The second-order valence-corrected chi connectivity index (χ2v) is 7.93. The quantitative estimate of drug-likeness (QED) is 0.799. The number of nitrogens with two attached hydrogens (primary N) is 1. The number of nitrogens with zero attached hydrogens (tertiary/aromatic N) is 1. The van der Waals surface area contributed by atoms with Crippen molar-refractivity contribution in [2.45, 2.75) is 51.0 Å². The molecular formula is C20H31Cl2N3O. The van der Waals surface area contributed by atoms with Gasteiger partial charge in [-0.1, -0.05) is 12.5 Å². The molecule has 1 heterocycles. The standard InChI is InChI=1S/C20H29N3O.2ClH/c21-19-14-5-3-6-15(19)12-16(11-14)20(24)22-17-7-4-8-18(13-17)23-9-1-2-10-23;;/h4,7-8,13-16,19H,1-3,5-6,9-12,21H2,(H,22,24);2*1H. The van der Waals surface area contributed by atoms with Crippen LogP contribution in [0.25, 0.3) is 0 Å². The summed E-state index contributed by atoms with van der Waals surface area (Å²) in [4.78, 5) is 15.2. The summed E-state index contributed by atoms with van der Waals surface area (Å²) in [5, 5.41) is 3.17. The Morgan fingerprint density at radius 1 is 1.04 bits per heavy atom. The highest BCUT2D eigenvalue weighted by molar-refractivity contribution is 5.93. The van der Waals surface area contributed by atoms with Gasteiger partial charge in [0.1, 0.15) is 0 Å². The molecule has 2 unspecified atom stereocenters. The van der Waals surface area contributed by atoms with Crippen LogP contribution in [0.1, 0.15) is 44.9 Å². The molecule has 2 saturated carbocycles. The molecule has 0 radical (unpaired) electrons. The zero-order valence-electron chi connectivity index (χ0n) is 15.2. The van der Waals surface area contributed by atoms with Crippen molar-refractivity contribution in [1.29, 1.82) is 0 Å². The first-order valence-corrected chi connectivity index (χ1v) is 9.62. The van der Waals surface area contributed by atoms with Gasteiger partial charge >= 0.3 is 0 Å². The van der Waals surface area contributed by atoms with Gasteiger partial charge in [-0.2, -0.15) is 0 Å². The minimum absolute atomic E-state index is 0. The van der Waals surface area contributed by atoms with Crippen molar-refractivity contribution >= 4 is 42.1 Å². The lowest BCUT2D eigenvalue weighted by Crippen LogP contribution is -2.48. The number of nitrogens with one attached hydrogen (secondary N) is 1. The lowest BCUT2D eigenvalue weighted by Gasteiger charge is -2.43. The van der Waals surface area contributed by atoms with E-state index in [4.69, 9.17) is 5.73 Å². The number of fused-ring (bicyclic) bond motifs is 2. The Hall–Kier alpha value is -0.970. The van der Waals surface area contributed by atoms with Crippen molar-refractivity contribution in [2.24, 2.45) is 23.5 Å². The predicted molar refractivity (Wildman–Crippen MR) is 113 cm³/mol. The number of carbonyl (C=O) groups is 1. The molecule has 2 aliphatic carbocycles. The molecular weight excluding hydrogens is 369 g/mol. The Morgan fingerprint density at radius 3 is 2.35 bits per heavy atom. The van der Waals surface area contributed by atoms with E-state index in [0.29, 0.717) is 17.9 Å². The summed E-state index contributed by atoms with van der Waals surface area (Å²) in [7, 11) is 0. The minimum atomic E-state index is 0. The number of amides is 1. The lowest BCUT2D eigenvalue weighted by molar-refractivity contribution is -0.122. The number of carbonyl (C=O) groups excluding carboxylic acids is 1. The molecule has 1 aliphatic heterocycles. The maximum atomic E-state index is 12.8. The summed E-state index contributed by atoms with van der Waals surface area (Å²) in [6.07, 6.45) is 8.15. The third kappa shape index (κ3) is 4.47. The zero-order chi connectivity index (χ0) is 16.5. The maximum Gasteiger partial charge on any atom is 0.227 e. The normalized spacial score (nSPS) is 30.1. The van der Waals surface area contributed by atoms with Crippen molar-refractivity contribution in [3.8, 4) is 0 Å². The summed E-state index contributed by atoms with van der Waals surface area (Å²) in [6.45, 7) is 2.25. The van der Waals surface area contributed by atoms with E-state index >= 15 is 0 Å². The van der Waals surface area contributed by atoms with Crippen molar-refractivity contribution in [2.75, 3.05) is 23.3 Å². The number of hydrogen-bond donors (Lipinski definition) is 2. The fourth-order valence-electron chi connectivity index (χ4n) is 5.00. The third-order valence-electron chi connectivity index (χ3n) is 6.37. The average molecular weight is 400 g/mol. The van der Waals surface area contributed by atoms with Crippen LogP contribution < -0.4 is 16.0 Å². The molecule has 4 nitrogen and oxygen atoms in total. The molecule has 6 heteroatoms. The number of halogens is 2. The van der Waals surface area contributed by atoms with E-state index < -0.39 is 0 Å². The Balaban J connectivity index is 0.00000121. The lowest BCUT2D eigenvalue weighted by atomic mass is 9.65. The molecule has 1 aromatic carbocycles. The van der Waals surface area contributed by atoms with Crippen LogP contribution in [0.3, 0.4) is 0 Å². The fraction of sp³-hybridized carbons (Fsp3) is 0.650. The van der Waals surface area contributed by atoms with E-state index in [0.717, 1.165) is 31.6 Å². The second-order valence-electron chi connectivity index (χ2n) is 7.93. The SMILES string of the molecule is Cl.Cl.NC1C2CCCC1CC(C(=O)Nc1cccc(N3CCCC3)c1)C2. The molecule has 1 amide bonds. The number of benzene rings is 1. The first-order valence-electron chi connectivity index (χ1n) is 9.62. The van der Waals surface area contributed by atoms with Crippen molar-refractivity contribution in [1.82, 2.24) is 0 Å². The second kappa shape index (κ2) is 9.29. The van der Waals surface area contributed by atoms with E-state index in [1.165, 1.54) is 37.8 Å². The molecule has 0 aromatic heterocycles. The number of anilines is 2. The molecule has 2 bridgehead atoms. The molecule has 0 spiro atoms. The largest absolute Gasteiger partial charge is 0.371 e. The molecule has 3 N–H and O–H groups in total. The molecule has 3 aliphatic rings. The zero-order valence-corrected chi connectivity index (χ0v) is 16.9. The van der Waals surface area contributed by atoms with Crippen LogP contribution in [-0.4, -0.2) is 25.0 Å². The van der Waals surface area contributed by atoms with Gasteiger partial charge in [0.2, 0.25) is 5.91 Å². The van der Waals surface area contributed by atoms with Crippen LogP contribution in [0, 0.1) is 17.8 Å². The molecule has 1 saturated heterocycles. The summed E-state index contributed by atoms with van der Waals surface area (Å²) in [5.74, 6) is 1.42. The van der Waals surface area contributed by atoms with Gasteiger partial charge in [-0.05, 0) is 68.6 Å². The van der Waals surface area contributed by atoms with Gasteiger partial charge in [0.05, 0.1) is 0 Å². The molecule has 146 valence electrons. The molecule has 4 rings (SSSR count). The fourth-order valence-corrected chi connectivity index (χ4v) is 5.00. The van der Waals surface area contributed by atoms with E-state index in [1.807, 2.05) is 6.07 Å². The topological polar surface area (TPSA) is 58.4 Å². The Labute approximate surface area is 169 Å². The first-order chi connectivity index (χ1) is 11.7. The Kier molecular flexibility index (Phi) is 7.63. The van der Waals surface area contributed by atoms with Crippen LogP contribution in [0.5, 0.6) is 0 Å². The first kappa shape index (κ1) is 21.3. The van der Waals surface area contributed by atoms with Gasteiger partial charge in [-0.25, -0.2) is 0 Å². The van der Waals surface area contributed by atoms with Gasteiger partial charge in [0, 0.05) is 36.4 Å². The number of rotatable bonds is 3. The van der Waals surface area contributed by atoms with Crippen LogP contribution in [0.4, 0.5) is 11.4 Å². The van der Waals surface area contributed by atoms with Crippen LogP contribution in [-0.2, 0) is 4.79 Å². The van der Waals surface area contributed by atoms with Gasteiger partial charge in [-0.15, -0.1) is 24.8 Å². The van der Waals surface area contributed by atoms with Gasteiger partial charge in [-0.3, -0.25) is 4.79 Å². The van der Waals surface area contributed by atoms with Gasteiger partial charge < -0.3 is 16.0 Å². The average Bonchev–Trinajstić information content (AvgIpc) is 3.09. The predicted octanol–water partition coefficient (Wildman–Crippen LogP) is 4.22. The monoisotopic (exact) mass is 399 g/mol. The van der Waals surface area contributed by atoms with E-state index in [1.54, 1.807) is 0 Å². The van der Waals surface area contributed by atoms with Crippen LogP contribution in [0.2, 0.25) is 0 Å². The highest BCUT2D eigenvalue weighted by Gasteiger charge is 2.40. The highest BCUT2D eigenvalue weighted by Crippen LogP contribution is 2.42. The van der Waals surface area contributed by atoms with Crippen LogP contribution >= 0.6 is 24.8 Å². The molecule has 26 heavy (non-hydrogen) atoms. The van der Waals surface area contributed by atoms with Gasteiger partial charge in [0.15, 0.2) is 0 Å². The smallest absolute Gasteiger partial charge is 0.227 e. The van der Waals surface area contributed by atoms with E-state index in [9.17, 15) is 4.79 Å². The molecule has 2 atom stereocenters. The summed E-state index contributed by atoms with van der Waals surface area (Å²) >= 11 is 0. The van der Waals surface area contributed by atoms with Crippen molar-refractivity contribution < 1.29 is 4.79 Å².